The molecule has 48 heavy (non-hydrogen) atoms. The van der Waals surface area contributed by atoms with Gasteiger partial charge in [0.25, 0.3) is 5.91 Å². The lowest BCUT2D eigenvalue weighted by molar-refractivity contribution is -0.140. The van der Waals surface area contributed by atoms with Gasteiger partial charge in [0.15, 0.2) is 0 Å². The van der Waals surface area contributed by atoms with Crippen LogP contribution in [0.5, 0.6) is 0 Å². The highest BCUT2D eigenvalue weighted by molar-refractivity contribution is 8.00. The first-order valence-electron chi connectivity index (χ1n) is 15.9. The number of alkyl halides is 3. The van der Waals surface area contributed by atoms with Crippen LogP contribution in [-0.2, 0) is 27.0 Å². The molecule has 5 atom stereocenters. The SMILES string of the molecule is O=C[C@H](CCCCNC(=O)CCCC[C@@H]1SC[C@@H]2NC(=O)N[C@@H]21)NC(=O)[C@H](Cc1ccccc1)NC(=O)c1ccc(F)c(C(F)(F)F)c1. The van der Waals surface area contributed by atoms with Crippen LogP contribution in [0.25, 0.3) is 0 Å². The summed E-state index contributed by atoms with van der Waals surface area (Å²) in [7, 11) is 0. The number of amides is 5. The molecular formula is C33H39F4N5O5S. The molecule has 15 heteroatoms. The van der Waals surface area contributed by atoms with Gasteiger partial charge < -0.3 is 31.4 Å². The molecule has 0 bridgehead atoms. The van der Waals surface area contributed by atoms with Gasteiger partial charge >= 0.3 is 12.2 Å². The zero-order valence-corrected chi connectivity index (χ0v) is 26.9. The quantitative estimate of drug-likeness (QED) is 0.0737. The standard InChI is InChI=1S/C33H39F4N5O5S/c34-24-14-13-21(17-23(24)33(35,36)37)30(45)40-25(16-20-8-2-1-3-9-20)31(46)39-22(18-43)10-6-7-15-38-28(44)12-5-4-11-27-29-26(19-48-27)41-32(47)42-29/h1-3,8-9,13-14,17-18,22,25-27,29H,4-7,10-12,15-16,19H2,(H,38,44)(H,39,46)(H,40,45)(H2,41,42,47)/t22-,25-,26-,27-,29-/m0/s1. The Hall–Kier alpha value is -4.14. The van der Waals surface area contributed by atoms with E-state index in [1.54, 1.807) is 30.3 Å². The summed E-state index contributed by atoms with van der Waals surface area (Å²) in [4.78, 5) is 61.6. The van der Waals surface area contributed by atoms with E-state index in [2.05, 4.69) is 26.6 Å². The number of urea groups is 1. The van der Waals surface area contributed by atoms with Crippen molar-refractivity contribution in [1.29, 1.82) is 0 Å². The lowest BCUT2D eigenvalue weighted by Crippen LogP contribution is -2.51. The van der Waals surface area contributed by atoms with Crippen LogP contribution in [0, 0.1) is 5.82 Å². The molecule has 2 saturated heterocycles. The number of rotatable bonds is 17. The third-order valence-electron chi connectivity index (χ3n) is 8.28. The first-order valence-corrected chi connectivity index (χ1v) is 16.9. The predicted molar refractivity (Wildman–Crippen MR) is 172 cm³/mol. The summed E-state index contributed by atoms with van der Waals surface area (Å²) in [5.41, 5.74) is -1.43. The fraction of sp³-hybridized carbons (Fsp3) is 0.485. The molecule has 0 saturated carbocycles. The molecule has 0 aromatic heterocycles. The van der Waals surface area contributed by atoms with Gasteiger partial charge in [0.05, 0.1) is 23.7 Å². The van der Waals surface area contributed by atoms with Crippen LogP contribution in [0.15, 0.2) is 48.5 Å². The molecule has 2 heterocycles. The summed E-state index contributed by atoms with van der Waals surface area (Å²) >= 11 is 1.83. The molecule has 0 spiro atoms. The highest BCUT2D eigenvalue weighted by atomic mass is 32.2. The van der Waals surface area contributed by atoms with E-state index in [0.717, 1.165) is 31.1 Å². The summed E-state index contributed by atoms with van der Waals surface area (Å²) in [5.74, 6) is -2.45. The monoisotopic (exact) mass is 693 g/mol. The van der Waals surface area contributed by atoms with Gasteiger partial charge in [0.2, 0.25) is 11.8 Å². The number of nitrogens with one attached hydrogen (secondary N) is 5. The topological polar surface area (TPSA) is 146 Å². The molecule has 2 aliphatic heterocycles. The minimum atomic E-state index is -5.02. The number of halogens is 4. The van der Waals surface area contributed by atoms with Gasteiger partial charge in [0, 0.05) is 36.0 Å². The van der Waals surface area contributed by atoms with Crippen molar-refractivity contribution >= 4 is 41.8 Å². The van der Waals surface area contributed by atoms with Crippen molar-refractivity contribution in [2.24, 2.45) is 0 Å². The van der Waals surface area contributed by atoms with Gasteiger partial charge in [-0.3, -0.25) is 14.4 Å². The van der Waals surface area contributed by atoms with E-state index in [4.69, 9.17) is 0 Å². The van der Waals surface area contributed by atoms with Gasteiger partial charge in [0.1, 0.15) is 18.1 Å². The second kappa shape index (κ2) is 17.3. The molecule has 10 nitrogen and oxygen atoms in total. The zero-order valence-electron chi connectivity index (χ0n) is 26.1. The highest BCUT2D eigenvalue weighted by Gasteiger charge is 2.42. The summed E-state index contributed by atoms with van der Waals surface area (Å²) in [5, 5.41) is 14.1. The van der Waals surface area contributed by atoms with Crippen LogP contribution < -0.4 is 26.6 Å². The van der Waals surface area contributed by atoms with Crippen LogP contribution in [0.1, 0.15) is 66.4 Å². The van der Waals surface area contributed by atoms with Crippen molar-refractivity contribution in [2.75, 3.05) is 12.3 Å². The predicted octanol–water partition coefficient (Wildman–Crippen LogP) is 3.88. The number of fused-ring (bicyclic) bond motifs is 1. The molecule has 2 aliphatic rings. The molecule has 4 rings (SSSR count). The van der Waals surface area contributed by atoms with Gasteiger partial charge in [-0.15, -0.1) is 0 Å². The van der Waals surface area contributed by atoms with Crippen molar-refractivity contribution in [3.05, 3.63) is 71.0 Å². The average molecular weight is 694 g/mol. The Morgan fingerprint density at radius 1 is 1.00 bits per heavy atom. The number of aldehydes is 1. The van der Waals surface area contributed by atoms with Crippen molar-refractivity contribution in [1.82, 2.24) is 26.6 Å². The Kier molecular flexibility index (Phi) is 13.2. The second-order valence-electron chi connectivity index (χ2n) is 11.9. The first kappa shape index (κ1) is 36.7. The fourth-order valence-corrected chi connectivity index (χ4v) is 7.27. The van der Waals surface area contributed by atoms with E-state index in [1.165, 1.54) is 0 Å². The third kappa shape index (κ3) is 10.7. The van der Waals surface area contributed by atoms with Crippen molar-refractivity contribution in [2.45, 2.75) is 87.0 Å². The minimum Gasteiger partial charge on any atom is -0.356 e. The van der Waals surface area contributed by atoms with Crippen molar-refractivity contribution < 1.29 is 41.5 Å². The van der Waals surface area contributed by atoms with Gasteiger partial charge in [-0.05, 0) is 55.9 Å². The normalized spacial score (nSPS) is 19.8. The maximum atomic E-state index is 13.8. The zero-order chi connectivity index (χ0) is 34.7. The van der Waals surface area contributed by atoms with Crippen LogP contribution in [0.4, 0.5) is 22.4 Å². The molecule has 2 fully saturated rings. The summed E-state index contributed by atoms with van der Waals surface area (Å²) < 4.78 is 53.3. The molecule has 0 aliphatic carbocycles. The molecule has 260 valence electrons. The van der Waals surface area contributed by atoms with Crippen molar-refractivity contribution in [3.63, 3.8) is 0 Å². The van der Waals surface area contributed by atoms with Crippen LogP contribution in [0.2, 0.25) is 0 Å². The van der Waals surface area contributed by atoms with Gasteiger partial charge in [-0.25, -0.2) is 9.18 Å². The van der Waals surface area contributed by atoms with Crippen molar-refractivity contribution in [3.8, 4) is 0 Å². The Bertz CT molecular complexity index is 1450. The smallest absolute Gasteiger partial charge is 0.356 e. The third-order valence-corrected chi connectivity index (χ3v) is 9.78. The summed E-state index contributed by atoms with van der Waals surface area (Å²) in [6.07, 6.45) is -0.266. The van der Waals surface area contributed by atoms with Gasteiger partial charge in [-0.2, -0.15) is 24.9 Å². The van der Waals surface area contributed by atoms with E-state index in [1.807, 2.05) is 11.8 Å². The Morgan fingerprint density at radius 3 is 2.50 bits per heavy atom. The molecule has 0 radical (unpaired) electrons. The van der Waals surface area contributed by atoms with E-state index in [-0.39, 0.29) is 36.9 Å². The number of carbonyl (C=O) groups is 5. The van der Waals surface area contributed by atoms with Crippen LogP contribution in [-0.4, -0.2) is 71.8 Å². The first-order chi connectivity index (χ1) is 22.9. The Morgan fingerprint density at radius 2 is 1.77 bits per heavy atom. The maximum Gasteiger partial charge on any atom is 0.419 e. The number of carbonyl (C=O) groups excluding carboxylic acids is 5. The molecule has 2 aromatic carbocycles. The van der Waals surface area contributed by atoms with Gasteiger partial charge in [-0.1, -0.05) is 36.8 Å². The Balaban J connectivity index is 1.20. The van der Waals surface area contributed by atoms with Crippen LogP contribution >= 0.6 is 11.8 Å². The lowest BCUT2D eigenvalue weighted by atomic mass is 10.0. The van der Waals surface area contributed by atoms with E-state index < -0.39 is 47.0 Å². The second-order valence-corrected chi connectivity index (χ2v) is 13.1. The number of hydrogen-bond acceptors (Lipinski definition) is 6. The number of hydrogen-bond donors (Lipinski definition) is 5. The van der Waals surface area contributed by atoms with Crippen LogP contribution in [0.3, 0.4) is 0 Å². The number of thioether (sulfide) groups is 1. The maximum absolute atomic E-state index is 13.8. The molecule has 2 aromatic rings. The van der Waals surface area contributed by atoms with E-state index in [9.17, 15) is 41.5 Å². The minimum absolute atomic E-state index is 0.0162. The average Bonchev–Trinajstić information content (AvgIpc) is 3.61. The molecule has 5 N–H and O–H groups in total. The number of benzene rings is 2. The van der Waals surface area contributed by atoms with E-state index in [0.29, 0.717) is 55.0 Å². The molecule has 5 amide bonds. The summed E-state index contributed by atoms with van der Waals surface area (Å²) in [6.45, 7) is 0.391. The fourth-order valence-electron chi connectivity index (χ4n) is 5.72. The lowest BCUT2D eigenvalue weighted by Gasteiger charge is -2.21. The highest BCUT2D eigenvalue weighted by Crippen LogP contribution is 2.33. The largest absolute Gasteiger partial charge is 0.419 e. The molecular weight excluding hydrogens is 654 g/mol. The molecule has 0 unspecified atom stereocenters. The Labute approximate surface area is 279 Å². The summed E-state index contributed by atoms with van der Waals surface area (Å²) in [6, 6.07) is 8.44. The van der Waals surface area contributed by atoms with E-state index >= 15 is 0 Å². The number of unbranched alkanes of at least 4 members (excludes halogenated alkanes) is 2.